The van der Waals surface area contributed by atoms with E-state index in [0.717, 1.165) is 11.1 Å². The number of nitrogens with zero attached hydrogens (tertiary/aromatic N) is 4. The predicted octanol–water partition coefficient (Wildman–Crippen LogP) is 5.71. The Morgan fingerprint density at radius 1 is 0.880 bits per heavy atom. The van der Waals surface area contributed by atoms with Crippen molar-refractivity contribution in [2.75, 3.05) is 31.9 Å². The third-order valence-electron chi connectivity index (χ3n) is 9.61. The molecule has 2 aliphatic heterocycles. The molecule has 0 unspecified atom stereocenters. The molecule has 2 aliphatic rings. The van der Waals surface area contributed by atoms with Gasteiger partial charge < -0.3 is 25.8 Å². The number of hydrogen-bond donors (Lipinski definition) is 3. The second kappa shape index (κ2) is 13.7. The zero-order chi connectivity index (χ0) is 35.8. The van der Waals surface area contributed by atoms with Crippen molar-refractivity contribution in [1.29, 1.82) is 0 Å². The summed E-state index contributed by atoms with van der Waals surface area (Å²) in [4.78, 5) is 50.0. The van der Waals surface area contributed by atoms with Gasteiger partial charge >= 0.3 is 24.1 Å². The molecule has 0 spiro atoms. The summed E-state index contributed by atoms with van der Waals surface area (Å²) in [5.41, 5.74) is 2.22. The number of aromatic nitrogens is 3. The number of nitrogens with one attached hydrogen (secondary N) is 2. The highest BCUT2D eigenvalue weighted by molar-refractivity contribution is 5.87. The first-order valence-electron chi connectivity index (χ1n) is 16.2. The Labute approximate surface area is 282 Å². The number of urea groups is 1. The lowest BCUT2D eigenvalue weighted by Crippen LogP contribution is -2.55. The number of benzene rings is 2. The van der Waals surface area contributed by atoms with Gasteiger partial charge in [0.05, 0.1) is 27.8 Å². The Morgan fingerprint density at radius 2 is 1.46 bits per heavy atom. The summed E-state index contributed by atoms with van der Waals surface area (Å²) in [5.74, 6) is -0.493. The molecule has 0 aliphatic carbocycles. The number of para-hydroxylation sites is 2. The van der Waals surface area contributed by atoms with Gasteiger partial charge in [-0.1, -0.05) is 12.1 Å². The Bertz CT molecular complexity index is 1870. The number of H-pyrrole nitrogens is 1. The molecule has 266 valence electrons. The van der Waals surface area contributed by atoms with Gasteiger partial charge in [-0.3, -0.25) is 14.3 Å². The van der Waals surface area contributed by atoms with E-state index in [1.54, 1.807) is 29.1 Å². The molecule has 6 rings (SSSR count). The lowest BCUT2D eigenvalue weighted by molar-refractivity contribution is -0.141. The molecule has 3 amide bonds. The minimum absolute atomic E-state index is 0.127. The van der Waals surface area contributed by atoms with Crippen LogP contribution in [0.3, 0.4) is 0 Å². The van der Waals surface area contributed by atoms with Crippen molar-refractivity contribution in [3.8, 4) is 0 Å². The molecule has 0 bridgehead atoms. The maximum absolute atomic E-state index is 13.9. The van der Waals surface area contributed by atoms with Crippen LogP contribution in [-0.4, -0.2) is 68.5 Å². The summed E-state index contributed by atoms with van der Waals surface area (Å²) in [7, 11) is 0. The van der Waals surface area contributed by atoms with E-state index in [-0.39, 0.29) is 43.8 Å². The molecule has 4 aromatic rings. The van der Waals surface area contributed by atoms with Gasteiger partial charge in [-0.15, -0.1) is 0 Å². The van der Waals surface area contributed by atoms with Gasteiger partial charge in [-0.05, 0) is 79.1 Å². The SMILES string of the molecule is Nc1c(C(F)(F)F)cc(C[C@@H](NC(=O)N2CCC(n3c(=O)[nH]c4ccccc43)CC2)C(=O)N2CCC(c3ccncc3)CC2)cc1C(F)(F)F. The lowest BCUT2D eigenvalue weighted by Gasteiger charge is -2.36. The van der Waals surface area contributed by atoms with Crippen LogP contribution in [0.4, 0.5) is 36.8 Å². The fourth-order valence-corrected chi connectivity index (χ4v) is 7.03. The Hall–Kier alpha value is -5.02. The topological polar surface area (TPSA) is 129 Å². The normalized spacial score (nSPS) is 17.2. The number of imidazole rings is 1. The number of likely N-dealkylation sites (tertiary alicyclic amines) is 2. The molecule has 0 saturated carbocycles. The molecule has 4 N–H and O–H groups in total. The fourth-order valence-electron chi connectivity index (χ4n) is 7.03. The number of piperidine rings is 2. The Kier molecular flexibility index (Phi) is 9.55. The number of carbonyl (C=O) groups excluding carboxylic acids is 2. The summed E-state index contributed by atoms with van der Waals surface area (Å²) in [5, 5.41) is 2.62. The molecule has 2 aromatic carbocycles. The van der Waals surface area contributed by atoms with Gasteiger partial charge in [0, 0.05) is 51.0 Å². The number of alkyl halides is 6. The molecule has 2 aromatic heterocycles. The highest BCUT2D eigenvalue weighted by Gasteiger charge is 2.41. The van der Waals surface area contributed by atoms with E-state index >= 15 is 0 Å². The Balaban J connectivity index is 1.22. The number of aromatic amines is 1. The second-order valence-corrected chi connectivity index (χ2v) is 12.7. The van der Waals surface area contributed by atoms with Crippen molar-refractivity contribution < 1.29 is 35.9 Å². The molecule has 10 nitrogen and oxygen atoms in total. The van der Waals surface area contributed by atoms with Crippen LogP contribution in [0.15, 0.2) is 65.7 Å². The van der Waals surface area contributed by atoms with Crippen LogP contribution in [0, 0.1) is 0 Å². The quantitative estimate of drug-likeness (QED) is 0.175. The number of nitrogens with two attached hydrogens (primary N) is 1. The smallest absolute Gasteiger partial charge is 0.398 e. The predicted molar refractivity (Wildman–Crippen MR) is 172 cm³/mol. The van der Waals surface area contributed by atoms with Gasteiger partial charge in [0.1, 0.15) is 6.04 Å². The number of anilines is 1. The van der Waals surface area contributed by atoms with Gasteiger partial charge in [-0.2, -0.15) is 26.3 Å². The average molecular weight is 704 g/mol. The summed E-state index contributed by atoms with van der Waals surface area (Å²) in [6.07, 6.45) is -5.78. The van der Waals surface area contributed by atoms with Gasteiger partial charge in [0.25, 0.3) is 0 Å². The molecule has 2 saturated heterocycles. The molecule has 4 heterocycles. The van der Waals surface area contributed by atoms with Gasteiger partial charge in [0.2, 0.25) is 5.91 Å². The molecular formula is C34H35F6N7O3. The van der Waals surface area contributed by atoms with Crippen LogP contribution in [0.2, 0.25) is 0 Å². The van der Waals surface area contributed by atoms with Crippen LogP contribution < -0.4 is 16.7 Å². The maximum atomic E-state index is 13.9. The van der Waals surface area contributed by atoms with E-state index in [0.29, 0.717) is 43.3 Å². The third-order valence-corrected chi connectivity index (χ3v) is 9.61. The van der Waals surface area contributed by atoms with Crippen molar-refractivity contribution in [1.82, 2.24) is 29.7 Å². The standard InChI is InChI=1S/C34H35F6N7O3/c35-33(36,37)24-17-20(18-25(29(24)41)34(38,39)40)19-27(30(48)45-13-7-22(8-14-45)21-5-11-42-12-6-21)44-31(49)46-15-9-23(10-16-46)47-28-4-2-1-3-26(28)43-32(47)50/h1-6,11-12,17-18,22-23,27H,7-10,13-16,19,41H2,(H,43,50)(H,44,49)/t27-/m1/s1. The van der Waals surface area contributed by atoms with Crippen molar-refractivity contribution >= 4 is 28.7 Å². The first kappa shape index (κ1) is 34.8. The van der Waals surface area contributed by atoms with E-state index in [4.69, 9.17) is 5.73 Å². The molecular weight excluding hydrogens is 668 g/mol. The number of hydrogen-bond acceptors (Lipinski definition) is 5. The molecule has 0 radical (unpaired) electrons. The number of fused-ring (bicyclic) bond motifs is 1. The third kappa shape index (κ3) is 7.28. The highest BCUT2D eigenvalue weighted by atomic mass is 19.4. The number of amides is 3. The monoisotopic (exact) mass is 703 g/mol. The highest BCUT2D eigenvalue weighted by Crippen LogP contribution is 2.42. The van der Waals surface area contributed by atoms with Crippen molar-refractivity contribution in [2.24, 2.45) is 0 Å². The molecule has 2 fully saturated rings. The summed E-state index contributed by atoms with van der Waals surface area (Å²) in [6.45, 7) is 0.927. The first-order valence-corrected chi connectivity index (χ1v) is 16.2. The van der Waals surface area contributed by atoms with E-state index in [9.17, 15) is 40.7 Å². The Morgan fingerprint density at radius 3 is 2.06 bits per heavy atom. The van der Waals surface area contributed by atoms with Crippen LogP contribution in [0.1, 0.15) is 59.9 Å². The van der Waals surface area contributed by atoms with Gasteiger partial charge in [0.15, 0.2) is 0 Å². The number of nitrogen functional groups attached to an aromatic ring is 1. The largest absolute Gasteiger partial charge is 0.418 e. The summed E-state index contributed by atoms with van der Waals surface area (Å²) < 4.78 is 84.6. The van der Waals surface area contributed by atoms with Crippen molar-refractivity contribution in [3.05, 3.63) is 93.7 Å². The summed E-state index contributed by atoms with van der Waals surface area (Å²) in [6, 6.07) is 9.56. The van der Waals surface area contributed by atoms with Crippen LogP contribution >= 0.6 is 0 Å². The second-order valence-electron chi connectivity index (χ2n) is 12.7. The summed E-state index contributed by atoms with van der Waals surface area (Å²) >= 11 is 0. The fraction of sp³-hybridized carbons (Fsp3) is 0.412. The number of carbonyl (C=O) groups is 2. The van der Waals surface area contributed by atoms with E-state index in [1.165, 1.54) is 9.80 Å². The van der Waals surface area contributed by atoms with Gasteiger partial charge in [-0.25, -0.2) is 9.59 Å². The zero-order valence-electron chi connectivity index (χ0n) is 26.7. The average Bonchev–Trinajstić information content (AvgIpc) is 3.43. The number of pyridine rings is 1. The molecule has 1 atom stereocenters. The number of halogens is 6. The van der Waals surface area contributed by atoms with E-state index < -0.39 is 59.1 Å². The first-order chi connectivity index (χ1) is 23.7. The van der Waals surface area contributed by atoms with Crippen molar-refractivity contribution in [3.63, 3.8) is 0 Å². The van der Waals surface area contributed by atoms with Crippen LogP contribution in [0.5, 0.6) is 0 Å². The molecule has 16 heteroatoms. The zero-order valence-corrected chi connectivity index (χ0v) is 26.7. The number of rotatable bonds is 6. The van der Waals surface area contributed by atoms with E-state index in [2.05, 4.69) is 15.3 Å². The van der Waals surface area contributed by atoms with Crippen molar-refractivity contribution in [2.45, 2.75) is 62.5 Å². The minimum atomic E-state index is -5.20. The van der Waals surface area contributed by atoms with Crippen LogP contribution in [-0.2, 0) is 23.6 Å². The molecule has 50 heavy (non-hydrogen) atoms. The minimum Gasteiger partial charge on any atom is -0.398 e. The van der Waals surface area contributed by atoms with Crippen LogP contribution in [0.25, 0.3) is 11.0 Å². The van der Waals surface area contributed by atoms with E-state index in [1.807, 2.05) is 24.3 Å². The maximum Gasteiger partial charge on any atom is 0.418 e. The lowest BCUT2D eigenvalue weighted by atomic mass is 9.89.